The van der Waals surface area contributed by atoms with Crippen LogP contribution in [0.1, 0.15) is 102 Å². The fraction of sp³-hybridized carbons (Fsp3) is 0.333. The first kappa shape index (κ1) is 39.2. The van der Waals surface area contributed by atoms with Crippen molar-refractivity contribution < 1.29 is 25.8 Å². The van der Waals surface area contributed by atoms with Crippen LogP contribution in [0.3, 0.4) is 0 Å². The largest absolute Gasteiger partial charge is 2.00 e. The predicted molar refractivity (Wildman–Crippen MR) is 220 cm³/mol. The molecular formula is C48H52N4OPt. The van der Waals surface area contributed by atoms with E-state index >= 15 is 0 Å². The van der Waals surface area contributed by atoms with Crippen LogP contribution in [0.15, 0.2) is 79.0 Å². The van der Waals surface area contributed by atoms with E-state index in [0.717, 1.165) is 50.3 Å². The Hall–Kier alpha value is -4.47. The fourth-order valence-corrected chi connectivity index (χ4v) is 7.70. The molecule has 0 N–H and O–H groups in total. The van der Waals surface area contributed by atoms with Crippen LogP contribution in [0, 0.1) is 39.8 Å². The Labute approximate surface area is 336 Å². The summed E-state index contributed by atoms with van der Waals surface area (Å²) in [5, 5.41) is 7.49. The summed E-state index contributed by atoms with van der Waals surface area (Å²) < 4.78 is 11.1. The zero-order valence-corrected chi connectivity index (χ0v) is 36.3. The minimum Gasteiger partial charge on any atom is -0.509 e. The molecule has 0 radical (unpaired) electrons. The minimum absolute atomic E-state index is 0. The number of hydrogen-bond donors (Lipinski definition) is 0. The standard InChI is InChI=1S/C48H52N4O.Pt/c1-29-22-30(2)43(31(3)23-29)44-32(4)50-52(45(44)48(11,12)13)35-24-34(47(8,9)10)25-37(27-35)53-36-18-19-39-38-16-14-15-17-40(38)51(41(39)28-36)42-26-33(20-21-49-42)46(5,6)7;/h14-26H,1-13H3;/q-2;+2. The molecule has 0 fully saturated rings. The van der Waals surface area contributed by atoms with Gasteiger partial charge in [-0.05, 0) is 90.1 Å². The summed E-state index contributed by atoms with van der Waals surface area (Å²) in [6.07, 6.45) is 1.90. The van der Waals surface area contributed by atoms with Gasteiger partial charge in [0.1, 0.15) is 5.82 Å². The van der Waals surface area contributed by atoms with E-state index in [1.165, 1.54) is 33.4 Å². The Morgan fingerprint density at radius 2 is 1.30 bits per heavy atom. The third-order valence-corrected chi connectivity index (χ3v) is 10.2. The van der Waals surface area contributed by atoms with Crippen LogP contribution < -0.4 is 4.74 Å². The van der Waals surface area contributed by atoms with Crippen LogP contribution in [0.4, 0.5) is 0 Å². The second-order valence-corrected chi connectivity index (χ2v) is 17.8. The molecule has 0 aliphatic heterocycles. The van der Waals surface area contributed by atoms with Gasteiger partial charge < -0.3 is 9.30 Å². The molecule has 54 heavy (non-hydrogen) atoms. The molecule has 6 heteroatoms. The molecule has 0 atom stereocenters. The first-order valence-electron chi connectivity index (χ1n) is 18.7. The van der Waals surface area contributed by atoms with Crippen molar-refractivity contribution in [3.63, 3.8) is 0 Å². The van der Waals surface area contributed by atoms with E-state index in [4.69, 9.17) is 14.8 Å². The molecule has 0 bridgehead atoms. The molecule has 0 amide bonds. The SMILES string of the molecule is Cc1cc(C)c(-c2c(C)nn(-c3[c-]c(Oc4[c-]c5c(cc4)c4ccccc4n5-c4cc(C(C)(C)C)ccn4)cc(C(C)(C)C)c3)c2C(C)(C)C)c(C)c1.[Pt+2]. The maximum absolute atomic E-state index is 6.76. The fourth-order valence-electron chi connectivity index (χ4n) is 7.70. The van der Waals surface area contributed by atoms with Crippen LogP contribution in [0.2, 0.25) is 0 Å². The third kappa shape index (κ3) is 7.20. The monoisotopic (exact) mass is 895 g/mol. The predicted octanol–water partition coefficient (Wildman–Crippen LogP) is 12.5. The average molecular weight is 896 g/mol. The Morgan fingerprint density at radius 3 is 1.94 bits per heavy atom. The number of fused-ring (bicyclic) bond motifs is 3. The van der Waals surface area contributed by atoms with E-state index in [-0.39, 0.29) is 37.3 Å². The average Bonchev–Trinajstić information content (AvgIpc) is 3.58. The number of rotatable bonds is 5. The molecule has 0 saturated heterocycles. The Balaban J connectivity index is 0.00000497. The van der Waals surface area contributed by atoms with E-state index in [9.17, 15) is 0 Å². The number of pyridine rings is 1. The van der Waals surface area contributed by atoms with Gasteiger partial charge in [-0.25, -0.2) is 4.98 Å². The second kappa shape index (κ2) is 14.0. The molecule has 0 unspecified atom stereocenters. The van der Waals surface area contributed by atoms with Crippen LogP contribution in [0.5, 0.6) is 11.5 Å². The van der Waals surface area contributed by atoms with Gasteiger partial charge in [0.05, 0.1) is 11.4 Å². The molecule has 7 aromatic rings. The zero-order chi connectivity index (χ0) is 38.2. The first-order valence-corrected chi connectivity index (χ1v) is 18.7. The number of nitrogens with zero attached hydrogens (tertiary/aromatic N) is 4. The van der Waals surface area contributed by atoms with Gasteiger partial charge in [-0.15, -0.1) is 41.3 Å². The van der Waals surface area contributed by atoms with Crippen LogP contribution >= 0.6 is 0 Å². The summed E-state index contributed by atoms with van der Waals surface area (Å²) in [6.45, 7) is 28.9. The van der Waals surface area contributed by atoms with Gasteiger partial charge in [-0.3, -0.25) is 4.68 Å². The molecule has 3 heterocycles. The summed E-state index contributed by atoms with van der Waals surface area (Å²) in [7, 11) is 0. The van der Waals surface area contributed by atoms with Crippen molar-refractivity contribution in [3.8, 4) is 34.1 Å². The van der Waals surface area contributed by atoms with Gasteiger partial charge in [-0.1, -0.05) is 104 Å². The molecule has 7 rings (SSSR count). The van der Waals surface area contributed by atoms with Crippen LogP contribution in [-0.4, -0.2) is 19.3 Å². The maximum atomic E-state index is 6.76. The zero-order valence-electron chi connectivity index (χ0n) is 34.0. The van der Waals surface area contributed by atoms with Gasteiger partial charge in [0, 0.05) is 34.2 Å². The van der Waals surface area contributed by atoms with E-state index < -0.39 is 0 Å². The van der Waals surface area contributed by atoms with Gasteiger partial charge in [0.25, 0.3) is 0 Å². The minimum atomic E-state index is -0.211. The smallest absolute Gasteiger partial charge is 0.509 e. The number of hydrogen-bond acceptors (Lipinski definition) is 3. The van der Waals surface area contributed by atoms with Crippen molar-refractivity contribution in [3.05, 3.63) is 130 Å². The summed E-state index contributed by atoms with van der Waals surface area (Å²) >= 11 is 0. The Bertz CT molecular complexity index is 2510. The second-order valence-electron chi connectivity index (χ2n) is 17.8. The number of aromatic nitrogens is 4. The first-order chi connectivity index (χ1) is 24.8. The summed E-state index contributed by atoms with van der Waals surface area (Å²) in [6, 6.07) is 33.1. The van der Waals surface area contributed by atoms with Gasteiger partial charge in [0.2, 0.25) is 0 Å². The molecule has 0 aliphatic rings. The number of ether oxygens (including phenoxy) is 1. The van der Waals surface area contributed by atoms with Crippen LogP contribution in [0.25, 0.3) is 44.4 Å². The van der Waals surface area contributed by atoms with Crippen molar-refractivity contribution in [1.29, 1.82) is 0 Å². The maximum Gasteiger partial charge on any atom is 2.00 e. The molecule has 5 nitrogen and oxygen atoms in total. The van der Waals surface area contributed by atoms with E-state index in [1.807, 2.05) is 12.3 Å². The van der Waals surface area contributed by atoms with E-state index in [1.54, 1.807) is 0 Å². The van der Waals surface area contributed by atoms with E-state index in [2.05, 4.69) is 178 Å². The third-order valence-electron chi connectivity index (χ3n) is 10.2. The molecule has 3 aromatic heterocycles. The molecule has 0 aliphatic carbocycles. The summed E-state index contributed by atoms with van der Waals surface area (Å²) in [4.78, 5) is 4.85. The number of para-hydroxylation sites is 1. The van der Waals surface area contributed by atoms with Gasteiger partial charge >= 0.3 is 21.1 Å². The van der Waals surface area contributed by atoms with Crippen LogP contribution in [-0.2, 0) is 37.3 Å². The van der Waals surface area contributed by atoms with E-state index in [0.29, 0.717) is 11.5 Å². The Morgan fingerprint density at radius 1 is 0.630 bits per heavy atom. The number of aryl methyl sites for hydroxylation is 4. The normalized spacial score (nSPS) is 12.4. The molecule has 0 spiro atoms. The Kier molecular flexibility index (Phi) is 10.2. The number of benzene rings is 4. The van der Waals surface area contributed by atoms with Crippen molar-refractivity contribution in [2.24, 2.45) is 0 Å². The van der Waals surface area contributed by atoms with Gasteiger partial charge in [-0.2, -0.15) is 11.2 Å². The van der Waals surface area contributed by atoms with Crippen molar-refractivity contribution >= 4 is 21.8 Å². The van der Waals surface area contributed by atoms with Gasteiger partial charge in [0.15, 0.2) is 0 Å². The summed E-state index contributed by atoms with van der Waals surface area (Å²) in [5.41, 5.74) is 13.2. The molecule has 280 valence electrons. The van der Waals surface area contributed by atoms with Crippen molar-refractivity contribution in [1.82, 2.24) is 19.3 Å². The molecule has 0 saturated carbocycles. The van der Waals surface area contributed by atoms with Crippen molar-refractivity contribution in [2.75, 3.05) is 0 Å². The quantitative estimate of drug-likeness (QED) is 0.162. The molecular weight excluding hydrogens is 844 g/mol. The van der Waals surface area contributed by atoms with Crippen molar-refractivity contribution in [2.45, 2.75) is 106 Å². The topological polar surface area (TPSA) is 44.9 Å². The summed E-state index contributed by atoms with van der Waals surface area (Å²) in [5.74, 6) is 2.09. The molecule has 4 aromatic carbocycles.